The van der Waals surface area contributed by atoms with Gasteiger partial charge in [-0.1, -0.05) is 18.2 Å². The number of thioether (sulfide) groups is 1. The van der Waals surface area contributed by atoms with Crippen LogP contribution in [0.4, 0.5) is 0 Å². The quantitative estimate of drug-likeness (QED) is 0.848. The van der Waals surface area contributed by atoms with E-state index in [1.54, 1.807) is 11.8 Å². The van der Waals surface area contributed by atoms with E-state index in [4.69, 9.17) is 16.8 Å². The van der Waals surface area contributed by atoms with Crippen LogP contribution in [0.25, 0.3) is 0 Å². The highest BCUT2D eigenvalue weighted by molar-refractivity contribution is 8.00. The Morgan fingerprint density at radius 3 is 2.80 bits per heavy atom. The summed E-state index contributed by atoms with van der Waals surface area (Å²) in [5, 5.41) is 9.40. The standard InChI is InChI=1S/C12H14O2S/c1-9-7-12(11(8-13)14-9)15-10-5-3-2-4-6-10/h1-6,9,11-13H,7-8H2/t9?,11-,12-/m1/s1. The third-order valence-electron chi connectivity index (χ3n) is 2.44. The van der Waals surface area contributed by atoms with Gasteiger partial charge in [-0.25, -0.2) is 0 Å². The van der Waals surface area contributed by atoms with Crippen molar-refractivity contribution in [1.29, 1.82) is 0 Å². The van der Waals surface area contributed by atoms with E-state index in [0.717, 1.165) is 6.42 Å². The second kappa shape index (κ2) is 5.01. The Morgan fingerprint density at radius 2 is 2.13 bits per heavy atom. The first-order valence-corrected chi connectivity index (χ1v) is 5.91. The molecule has 0 aromatic heterocycles. The number of hydrogen-bond acceptors (Lipinski definition) is 3. The Bertz CT molecular complexity index is 302. The normalized spacial score (nSPS) is 30.7. The second-order valence-electron chi connectivity index (χ2n) is 3.60. The van der Waals surface area contributed by atoms with E-state index in [0.29, 0.717) is 0 Å². The van der Waals surface area contributed by atoms with Crippen molar-refractivity contribution in [3.8, 4) is 0 Å². The van der Waals surface area contributed by atoms with E-state index in [2.05, 4.69) is 12.1 Å². The molecular weight excluding hydrogens is 208 g/mol. The summed E-state index contributed by atoms with van der Waals surface area (Å²) in [6.07, 6.45) is 0.429. The van der Waals surface area contributed by atoms with Gasteiger partial charge < -0.3 is 9.84 Å². The van der Waals surface area contributed by atoms with Gasteiger partial charge in [-0.05, 0) is 25.5 Å². The maximum Gasteiger partial charge on any atom is 0.0932 e. The molecule has 1 saturated heterocycles. The average Bonchev–Trinajstić information content (AvgIpc) is 2.60. The third kappa shape index (κ3) is 2.74. The fraction of sp³-hybridized carbons (Fsp3) is 0.417. The fourth-order valence-corrected chi connectivity index (χ4v) is 2.96. The number of benzene rings is 1. The zero-order chi connectivity index (χ0) is 10.7. The summed E-state index contributed by atoms with van der Waals surface area (Å²) in [5.41, 5.74) is 0. The lowest BCUT2D eigenvalue weighted by Gasteiger charge is -2.15. The molecule has 15 heavy (non-hydrogen) atoms. The minimum Gasteiger partial charge on any atom is -0.394 e. The minimum atomic E-state index is -0.233. The van der Waals surface area contributed by atoms with Gasteiger partial charge in [-0.2, -0.15) is 0 Å². The predicted molar refractivity (Wildman–Crippen MR) is 60.8 cm³/mol. The van der Waals surface area contributed by atoms with Crippen molar-refractivity contribution in [2.45, 2.75) is 28.8 Å². The topological polar surface area (TPSA) is 29.5 Å². The molecule has 1 aromatic rings. The van der Waals surface area contributed by atoms with Gasteiger partial charge in [-0.15, -0.1) is 11.8 Å². The molecule has 1 aliphatic heterocycles. The third-order valence-corrected chi connectivity index (χ3v) is 3.78. The Balaban J connectivity index is 2.00. The molecule has 0 amide bonds. The minimum absolute atomic E-state index is 0.0399. The van der Waals surface area contributed by atoms with Gasteiger partial charge in [0.25, 0.3) is 0 Å². The van der Waals surface area contributed by atoms with E-state index < -0.39 is 0 Å². The van der Waals surface area contributed by atoms with Crippen LogP contribution >= 0.6 is 11.8 Å². The van der Waals surface area contributed by atoms with Crippen LogP contribution in [0.1, 0.15) is 6.42 Å². The summed E-state index contributed by atoms with van der Waals surface area (Å²) in [6, 6.07) is 10.1. The lowest BCUT2D eigenvalue weighted by Crippen LogP contribution is -2.22. The predicted octanol–water partition coefficient (Wildman–Crippen LogP) is 2.01. The van der Waals surface area contributed by atoms with E-state index >= 15 is 0 Å². The van der Waals surface area contributed by atoms with Crippen molar-refractivity contribution >= 4 is 11.8 Å². The van der Waals surface area contributed by atoms with E-state index in [9.17, 15) is 0 Å². The molecule has 80 valence electrons. The molecule has 3 heteroatoms. The zero-order valence-corrected chi connectivity index (χ0v) is 9.19. The van der Waals surface area contributed by atoms with Gasteiger partial charge >= 0.3 is 0 Å². The van der Waals surface area contributed by atoms with Crippen LogP contribution in [-0.4, -0.2) is 29.2 Å². The SMILES string of the molecule is [CH]C1C[C@@H](Sc2ccccc2)[C@@H](CO)O1. The molecule has 1 N–H and O–H groups in total. The van der Waals surface area contributed by atoms with Crippen molar-refractivity contribution in [1.82, 2.24) is 0 Å². The van der Waals surface area contributed by atoms with Gasteiger partial charge in [0.05, 0.1) is 18.8 Å². The second-order valence-corrected chi connectivity index (χ2v) is 4.91. The van der Waals surface area contributed by atoms with Crippen LogP contribution in [0.2, 0.25) is 0 Å². The highest BCUT2D eigenvalue weighted by atomic mass is 32.2. The number of rotatable bonds is 3. The number of aliphatic hydroxyl groups is 1. The molecule has 1 aliphatic rings. The number of ether oxygens (including phenoxy) is 1. The molecule has 0 aliphatic carbocycles. The first kappa shape index (κ1) is 11.0. The van der Waals surface area contributed by atoms with Gasteiger partial charge in [0.2, 0.25) is 0 Å². The van der Waals surface area contributed by atoms with Crippen LogP contribution in [0.5, 0.6) is 0 Å². The van der Waals surface area contributed by atoms with E-state index in [1.165, 1.54) is 4.90 Å². The molecule has 1 fully saturated rings. The van der Waals surface area contributed by atoms with Crippen LogP contribution in [0.15, 0.2) is 35.2 Å². The molecule has 1 unspecified atom stereocenters. The van der Waals surface area contributed by atoms with Gasteiger partial charge in [0, 0.05) is 10.1 Å². The molecule has 1 heterocycles. The molecular formula is C12H14O2S. The highest BCUT2D eigenvalue weighted by Gasteiger charge is 2.33. The Hall–Kier alpha value is -0.510. The van der Waals surface area contributed by atoms with Gasteiger partial charge in [0.15, 0.2) is 0 Å². The molecule has 0 saturated carbocycles. The first-order valence-electron chi connectivity index (χ1n) is 5.03. The van der Waals surface area contributed by atoms with E-state index in [1.807, 2.05) is 18.2 Å². The molecule has 2 radical (unpaired) electrons. The fourth-order valence-electron chi connectivity index (χ4n) is 1.71. The number of hydrogen-bond donors (Lipinski definition) is 1. The molecule has 2 rings (SSSR count). The number of aliphatic hydroxyl groups excluding tert-OH is 1. The summed E-state index contributed by atoms with van der Waals surface area (Å²) < 4.78 is 5.40. The Morgan fingerprint density at radius 1 is 1.40 bits per heavy atom. The van der Waals surface area contributed by atoms with Gasteiger partial charge in [0.1, 0.15) is 0 Å². The molecule has 0 bridgehead atoms. The van der Waals surface area contributed by atoms with Crippen molar-refractivity contribution in [2.75, 3.05) is 6.61 Å². The molecule has 3 atom stereocenters. The van der Waals surface area contributed by atoms with Crippen LogP contribution < -0.4 is 0 Å². The van der Waals surface area contributed by atoms with Crippen molar-refractivity contribution in [2.24, 2.45) is 0 Å². The summed E-state index contributed by atoms with van der Waals surface area (Å²) in [7, 11) is 0. The van der Waals surface area contributed by atoms with Gasteiger partial charge in [-0.3, -0.25) is 0 Å². The Labute approximate surface area is 94.6 Å². The van der Waals surface area contributed by atoms with Crippen LogP contribution in [-0.2, 0) is 4.74 Å². The van der Waals surface area contributed by atoms with Crippen molar-refractivity contribution < 1.29 is 9.84 Å². The highest BCUT2D eigenvalue weighted by Crippen LogP contribution is 2.34. The average molecular weight is 222 g/mol. The summed E-state index contributed by atoms with van der Waals surface area (Å²) in [6.45, 7) is 5.74. The summed E-state index contributed by atoms with van der Waals surface area (Å²) in [5.74, 6) is 0. The Kier molecular flexibility index (Phi) is 3.67. The van der Waals surface area contributed by atoms with Crippen LogP contribution in [0, 0.1) is 6.92 Å². The van der Waals surface area contributed by atoms with Crippen LogP contribution in [0.3, 0.4) is 0 Å². The molecule has 1 aromatic carbocycles. The molecule has 0 spiro atoms. The lowest BCUT2D eigenvalue weighted by molar-refractivity contribution is 0.0315. The monoisotopic (exact) mass is 222 g/mol. The largest absolute Gasteiger partial charge is 0.394 e. The zero-order valence-electron chi connectivity index (χ0n) is 8.37. The van der Waals surface area contributed by atoms with Crippen molar-refractivity contribution in [3.63, 3.8) is 0 Å². The maximum atomic E-state index is 9.14. The first-order chi connectivity index (χ1) is 7.29. The maximum absolute atomic E-state index is 9.14. The van der Waals surface area contributed by atoms with Crippen molar-refractivity contribution in [3.05, 3.63) is 37.3 Å². The summed E-state index contributed by atoms with van der Waals surface area (Å²) in [4.78, 5) is 1.19. The lowest BCUT2D eigenvalue weighted by atomic mass is 10.2. The smallest absolute Gasteiger partial charge is 0.0932 e. The summed E-state index contributed by atoms with van der Waals surface area (Å²) >= 11 is 1.72. The van der Waals surface area contributed by atoms with E-state index in [-0.39, 0.29) is 24.1 Å². The molecule has 2 nitrogen and oxygen atoms in total.